The van der Waals surface area contributed by atoms with Crippen molar-refractivity contribution in [1.29, 1.82) is 0 Å². The third-order valence-corrected chi connectivity index (χ3v) is 6.98. The predicted molar refractivity (Wildman–Crippen MR) is 132 cm³/mol. The molecule has 0 atom stereocenters. The van der Waals surface area contributed by atoms with Crippen LogP contribution < -0.4 is 18.9 Å². The minimum Gasteiger partial charge on any atom is -0.507 e. The number of fused-ring (bicyclic) bond motifs is 3. The Morgan fingerprint density at radius 1 is 1.03 bits per heavy atom. The lowest BCUT2D eigenvalue weighted by Gasteiger charge is -2.17. The first kappa shape index (κ1) is 21.3. The van der Waals surface area contributed by atoms with Crippen molar-refractivity contribution in [1.82, 2.24) is 5.01 Å². The van der Waals surface area contributed by atoms with Crippen molar-refractivity contribution in [2.75, 3.05) is 21.0 Å². The van der Waals surface area contributed by atoms with Gasteiger partial charge in [0.25, 0.3) is 5.91 Å². The van der Waals surface area contributed by atoms with Gasteiger partial charge in [0.15, 0.2) is 23.0 Å². The summed E-state index contributed by atoms with van der Waals surface area (Å²) in [7, 11) is 3.08. The molecule has 2 aliphatic heterocycles. The van der Waals surface area contributed by atoms with Crippen LogP contribution in [0.5, 0.6) is 28.7 Å². The molecule has 0 spiro atoms. The Morgan fingerprint density at radius 2 is 1.80 bits per heavy atom. The lowest BCUT2D eigenvalue weighted by Crippen LogP contribution is -2.17. The van der Waals surface area contributed by atoms with Crippen LogP contribution in [0.2, 0.25) is 0 Å². The summed E-state index contributed by atoms with van der Waals surface area (Å²) < 4.78 is 22.1. The fraction of sp³-hybridized carbons (Fsp3) is 0.154. The van der Waals surface area contributed by atoms with Crippen molar-refractivity contribution in [3.05, 3.63) is 63.8 Å². The zero-order valence-electron chi connectivity index (χ0n) is 18.9. The lowest BCUT2D eigenvalue weighted by molar-refractivity contribution is 0.0785. The normalized spacial score (nSPS) is 14.2. The van der Waals surface area contributed by atoms with Gasteiger partial charge in [0.05, 0.1) is 32.5 Å². The molecule has 8 nitrogen and oxygen atoms in total. The molecular formula is C26H20N2O6S. The number of nitrogens with zero attached hydrogens (tertiary/aromatic N) is 2. The van der Waals surface area contributed by atoms with Crippen LogP contribution in [-0.4, -0.2) is 43.2 Å². The number of ether oxygens (including phenoxy) is 4. The fourth-order valence-corrected chi connectivity index (χ4v) is 5.10. The predicted octanol–water partition coefficient (Wildman–Crippen LogP) is 5.01. The van der Waals surface area contributed by atoms with Crippen LogP contribution >= 0.6 is 11.3 Å². The summed E-state index contributed by atoms with van der Waals surface area (Å²) in [6.45, 7) is 0.284. The Kier molecular flexibility index (Phi) is 5.00. The number of benzene rings is 3. The van der Waals surface area contributed by atoms with Gasteiger partial charge in [0.1, 0.15) is 5.75 Å². The molecule has 0 fully saturated rings. The Balaban J connectivity index is 1.60. The number of rotatable bonds is 5. The summed E-state index contributed by atoms with van der Waals surface area (Å²) in [5, 5.41) is 20.2. The van der Waals surface area contributed by atoms with Crippen LogP contribution in [-0.2, 0) is 6.54 Å². The van der Waals surface area contributed by atoms with E-state index in [9.17, 15) is 9.90 Å². The molecule has 0 saturated carbocycles. The number of phenols is 1. The van der Waals surface area contributed by atoms with Gasteiger partial charge in [-0.25, -0.2) is 5.01 Å². The molecule has 176 valence electrons. The fourth-order valence-electron chi connectivity index (χ4n) is 4.53. The third-order valence-electron chi connectivity index (χ3n) is 6.17. The van der Waals surface area contributed by atoms with E-state index < -0.39 is 0 Å². The van der Waals surface area contributed by atoms with Crippen LogP contribution in [0.25, 0.3) is 21.9 Å². The van der Waals surface area contributed by atoms with Crippen molar-refractivity contribution >= 4 is 34.2 Å². The smallest absolute Gasteiger partial charge is 0.275 e. The highest BCUT2D eigenvalue weighted by molar-refractivity contribution is 7.11. The Bertz CT molecular complexity index is 1510. The van der Waals surface area contributed by atoms with Gasteiger partial charge in [0.2, 0.25) is 6.79 Å². The van der Waals surface area contributed by atoms with Crippen molar-refractivity contribution in [2.45, 2.75) is 6.54 Å². The second-order valence-corrected chi connectivity index (χ2v) is 9.00. The van der Waals surface area contributed by atoms with Gasteiger partial charge in [-0.3, -0.25) is 4.79 Å². The van der Waals surface area contributed by atoms with E-state index in [0.717, 1.165) is 10.4 Å². The molecule has 6 rings (SSSR count). The number of carbonyl (C=O) groups excluding carboxylic acids is 1. The van der Waals surface area contributed by atoms with Gasteiger partial charge in [-0.15, -0.1) is 11.3 Å². The molecule has 3 aromatic carbocycles. The molecule has 0 aliphatic carbocycles. The van der Waals surface area contributed by atoms with Crippen LogP contribution in [0.3, 0.4) is 0 Å². The maximum atomic E-state index is 13.7. The molecular weight excluding hydrogens is 468 g/mol. The number of hydrazone groups is 1. The van der Waals surface area contributed by atoms with E-state index in [4.69, 9.17) is 18.9 Å². The molecule has 0 radical (unpaired) electrons. The van der Waals surface area contributed by atoms with Gasteiger partial charge >= 0.3 is 0 Å². The monoisotopic (exact) mass is 488 g/mol. The standard InChI is InChI=1S/C26H20N2O6S/c1-31-20-9-16-17(10-21(20)32-2)25(29)18-12-28(27-11-15-4-3-7-35-15)26(30)24(18)23(16)14-5-6-19-22(8-14)34-13-33-19/h3-11,29H,12-13H2,1-2H3/b27-11+. The molecule has 1 N–H and O–H groups in total. The van der Waals surface area contributed by atoms with E-state index >= 15 is 0 Å². The number of aromatic hydroxyl groups is 1. The third kappa shape index (κ3) is 3.35. The van der Waals surface area contributed by atoms with E-state index in [-0.39, 0.29) is 25.0 Å². The maximum Gasteiger partial charge on any atom is 0.275 e. The highest BCUT2D eigenvalue weighted by Gasteiger charge is 2.36. The zero-order valence-corrected chi connectivity index (χ0v) is 19.7. The van der Waals surface area contributed by atoms with Crippen molar-refractivity contribution in [3.63, 3.8) is 0 Å². The van der Waals surface area contributed by atoms with E-state index in [0.29, 0.717) is 50.5 Å². The van der Waals surface area contributed by atoms with E-state index in [2.05, 4.69) is 5.10 Å². The molecule has 2 aliphatic rings. The van der Waals surface area contributed by atoms with Crippen molar-refractivity contribution < 1.29 is 28.8 Å². The Hall–Kier alpha value is -4.24. The van der Waals surface area contributed by atoms with Crippen molar-refractivity contribution in [2.24, 2.45) is 5.10 Å². The molecule has 1 amide bonds. The summed E-state index contributed by atoms with van der Waals surface area (Å²) in [5.74, 6) is 1.91. The molecule has 0 unspecified atom stereocenters. The highest BCUT2D eigenvalue weighted by Crippen LogP contribution is 2.49. The summed E-state index contributed by atoms with van der Waals surface area (Å²) in [4.78, 5) is 14.6. The number of hydrogen-bond acceptors (Lipinski definition) is 8. The maximum absolute atomic E-state index is 13.7. The Labute approximate surface area is 204 Å². The van der Waals surface area contributed by atoms with Crippen LogP contribution in [0, 0.1) is 0 Å². The van der Waals surface area contributed by atoms with E-state index in [1.54, 1.807) is 25.5 Å². The summed E-state index contributed by atoms with van der Waals surface area (Å²) in [6.07, 6.45) is 1.65. The molecule has 1 aromatic heterocycles. The number of phenolic OH excluding ortho intramolecular Hbond substituents is 1. The molecule has 0 bridgehead atoms. The van der Waals surface area contributed by atoms with Crippen LogP contribution in [0.15, 0.2) is 52.9 Å². The van der Waals surface area contributed by atoms with Gasteiger partial charge in [0, 0.05) is 21.4 Å². The summed E-state index contributed by atoms with van der Waals surface area (Å²) in [5.41, 5.74) is 2.31. The molecule has 3 heterocycles. The minimum absolute atomic E-state index is 0.0163. The Morgan fingerprint density at radius 3 is 2.54 bits per heavy atom. The second-order valence-electron chi connectivity index (χ2n) is 8.02. The minimum atomic E-state index is -0.299. The number of thiophene rings is 1. The largest absolute Gasteiger partial charge is 0.507 e. The SMILES string of the molecule is COc1cc2c(O)c3c(c(-c4ccc5c(c4)OCO5)c2cc1OC)C(=O)N(/N=C/c1cccs1)C3. The first-order valence-electron chi connectivity index (χ1n) is 10.8. The molecule has 9 heteroatoms. The number of amides is 1. The van der Waals surface area contributed by atoms with Gasteiger partial charge < -0.3 is 24.1 Å². The molecule has 0 saturated heterocycles. The zero-order chi connectivity index (χ0) is 24.1. The quantitative estimate of drug-likeness (QED) is 0.397. The summed E-state index contributed by atoms with van der Waals surface area (Å²) in [6, 6.07) is 12.9. The number of carbonyl (C=O) groups is 1. The average Bonchev–Trinajstić information content (AvgIpc) is 3.63. The highest BCUT2D eigenvalue weighted by atomic mass is 32.1. The first-order valence-corrected chi connectivity index (χ1v) is 11.7. The van der Waals surface area contributed by atoms with Gasteiger partial charge in [-0.2, -0.15) is 5.10 Å². The lowest BCUT2D eigenvalue weighted by atomic mass is 9.89. The number of hydrogen-bond donors (Lipinski definition) is 1. The average molecular weight is 489 g/mol. The van der Waals surface area contributed by atoms with E-state index in [1.807, 2.05) is 35.7 Å². The first-order chi connectivity index (χ1) is 17.1. The van der Waals surface area contributed by atoms with E-state index in [1.165, 1.54) is 23.5 Å². The van der Waals surface area contributed by atoms with Crippen molar-refractivity contribution in [3.8, 4) is 39.9 Å². The summed E-state index contributed by atoms with van der Waals surface area (Å²) >= 11 is 1.53. The number of methoxy groups -OCH3 is 2. The topological polar surface area (TPSA) is 89.8 Å². The second kappa shape index (κ2) is 8.21. The molecule has 35 heavy (non-hydrogen) atoms. The van der Waals surface area contributed by atoms with Crippen LogP contribution in [0.4, 0.5) is 0 Å². The van der Waals surface area contributed by atoms with Crippen LogP contribution in [0.1, 0.15) is 20.8 Å². The molecule has 4 aromatic rings. The van der Waals surface area contributed by atoms with Gasteiger partial charge in [-0.1, -0.05) is 12.1 Å². The van der Waals surface area contributed by atoms with Gasteiger partial charge in [-0.05, 0) is 46.7 Å².